The Morgan fingerprint density at radius 3 is 2.13 bits per heavy atom. The molecule has 1 heterocycles. The largest absolute Gasteiger partial charge is 0.497 e. The van der Waals surface area contributed by atoms with Crippen LogP contribution in [0.25, 0.3) is 10.4 Å². The summed E-state index contributed by atoms with van der Waals surface area (Å²) < 4.78 is 26.9. The quantitative estimate of drug-likeness (QED) is 0.214. The van der Waals surface area contributed by atoms with Crippen LogP contribution in [0.15, 0.2) is 29.4 Å². The van der Waals surface area contributed by atoms with E-state index in [1.165, 1.54) is 27.9 Å². The zero-order chi connectivity index (χ0) is 22.3. The van der Waals surface area contributed by atoms with Gasteiger partial charge in [0.05, 0.1) is 7.11 Å². The van der Waals surface area contributed by atoms with Crippen LogP contribution < -0.4 is 4.74 Å². The summed E-state index contributed by atoms with van der Waals surface area (Å²) in [4.78, 5) is 37.5. The van der Waals surface area contributed by atoms with Gasteiger partial charge in [-0.1, -0.05) is 17.2 Å². The van der Waals surface area contributed by atoms with Crippen molar-refractivity contribution in [2.75, 3.05) is 13.7 Å². The fourth-order valence-corrected chi connectivity index (χ4v) is 3.18. The number of benzene rings is 1. The standard InChI is InChI=1S/C19H23N3O8/c1-10(23)27-9-15-18(28-11(2)24)16(21-22-20)19(29-12(3)25)17(30-15)13-5-7-14(26-4)8-6-13/h5-8,15-19H,9H2,1-4H3/t15-,16+,17+,18+,19-/m1/s1. The lowest BCUT2D eigenvalue weighted by Gasteiger charge is -2.43. The minimum absolute atomic E-state index is 0.260. The molecule has 0 aromatic heterocycles. The first-order chi connectivity index (χ1) is 14.3. The number of hydrogen-bond donors (Lipinski definition) is 0. The average Bonchev–Trinajstić information content (AvgIpc) is 2.69. The maximum Gasteiger partial charge on any atom is 0.303 e. The highest BCUT2D eigenvalue weighted by atomic mass is 16.6. The Morgan fingerprint density at radius 2 is 1.63 bits per heavy atom. The van der Waals surface area contributed by atoms with Crippen LogP contribution in [-0.2, 0) is 33.3 Å². The van der Waals surface area contributed by atoms with E-state index in [4.69, 9.17) is 29.2 Å². The van der Waals surface area contributed by atoms with Gasteiger partial charge in [-0.2, -0.15) is 0 Å². The lowest BCUT2D eigenvalue weighted by molar-refractivity contribution is -0.218. The molecule has 0 N–H and O–H groups in total. The zero-order valence-electron chi connectivity index (χ0n) is 17.0. The third-order valence-electron chi connectivity index (χ3n) is 4.34. The smallest absolute Gasteiger partial charge is 0.303 e. The topological polar surface area (TPSA) is 146 Å². The molecule has 0 aliphatic carbocycles. The Balaban J connectivity index is 2.50. The predicted octanol–water partition coefficient (Wildman–Crippen LogP) is 2.24. The fraction of sp³-hybridized carbons (Fsp3) is 0.526. The molecule has 1 aromatic carbocycles. The van der Waals surface area contributed by atoms with Gasteiger partial charge in [0.2, 0.25) is 0 Å². The monoisotopic (exact) mass is 421 g/mol. The van der Waals surface area contributed by atoms with E-state index < -0.39 is 48.4 Å². The highest BCUT2D eigenvalue weighted by molar-refractivity contribution is 5.67. The Morgan fingerprint density at radius 1 is 1.03 bits per heavy atom. The van der Waals surface area contributed by atoms with Gasteiger partial charge < -0.3 is 23.7 Å². The lowest BCUT2D eigenvalue weighted by Crippen LogP contribution is -2.57. The van der Waals surface area contributed by atoms with Crippen LogP contribution in [0.4, 0.5) is 0 Å². The zero-order valence-corrected chi connectivity index (χ0v) is 17.0. The Labute approximate surface area is 172 Å². The Kier molecular flexibility index (Phi) is 8.02. The summed E-state index contributed by atoms with van der Waals surface area (Å²) in [5.74, 6) is -1.28. The van der Waals surface area contributed by atoms with Gasteiger partial charge in [-0.25, -0.2) is 0 Å². The predicted molar refractivity (Wildman–Crippen MR) is 101 cm³/mol. The van der Waals surface area contributed by atoms with Crippen LogP contribution in [0, 0.1) is 0 Å². The lowest BCUT2D eigenvalue weighted by atomic mass is 9.89. The molecule has 0 amide bonds. The van der Waals surface area contributed by atoms with Crippen molar-refractivity contribution in [3.63, 3.8) is 0 Å². The van der Waals surface area contributed by atoms with Crippen molar-refractivity contribution >= 4 is 17.9 Å². The van der Waals surface area contributed by atoms with Gasteiger partial charge in [-0.05, 0) is 23.2 Å². The minimum atomic E-state index is -1.14. The summed E-state index contributed by atoms with van der Waals surface area (Å²) in [5, 5.41) is 3.72. The van der Waals surface area contributed by atoms with E-state index in [2.05, 4.69) is 10.0 Å². The van der Waals surface area contributed by atoms with Crippen LogP contribution in [0.1, 0.15) is 32.4 Å². The average molecular weight is 421 g/mol. The van der Waals surface area contributed by atoms with Gasteiger partial charge in [0.25, 0.3) is 0 Å². The first kappa shape index (κ1) is 23.0. The highest BCUT2D eigenvalue weighted by Crippen LogP contribution is 2.38. The van der Waals surface area contributed by atoms with E-state index in [9.17, 15) is 14.4 Å². The molecule has 1 saturated heterocycles. The van der Waals surface area contributed by atoms with Crippen molar-refractivity contribution < 1.29 is 38.1 Å². The number of hydrogen-bond acceptors (Lipinski definition) is 9. The fourth-order valence-electron chi connectivity index (χ4n) is 3.18. The molecule has 1 fully saturated rings. The van der Waals surface area contributed by atoms with Crippen LogP contribution >= 0.6 is 0 Å². The minimum Gasteiger partial charge on any atom is -0.497 e. The van der Waals surface area contributed by atoms with Gasteiger partial charge in [0.1, 0.15) is 42.8 Å². The normalized spacial score (nSPS) is 25.4. The maximum atomic E-state index is 11.8. The summed E-state index contributed by atoms with van der Waals surface area (Å²) in [7, 11) is 1.52. The molecule has 0 radical (unpaired) electrons. The molecule has 1 aromatic rings. The second kappa shape index (κ2) is 10.5. The van der Waals surface area contributed by atoms with Gasteiger partial charge in [0.15, 0.2) is 0 Å². The summed E-state index contributed by atoms with van der Waals surface area (Å²) in [6.07, 6.45) is -4.09. The molecule has 2 rings (SSSR count). The number of carbonyl (C=O) groups is 3. The van der Waals surface area contributed by atoms with E-state index in [1.807, 2.05) is 0 Å². The van der Waals surface area contributed by atoms with Crippen molar-refractivity contribution in [3.05, 3.63) is 40.3 Å². The van der Waals surface area contributed by atoms with Crippen LogP contribution in [-0.4, -0.2) is 56.0 Å². The number of rotatable bonds is 7. The van der Waals surface area contributed by atoms with Crippen LogP contribution in [0.2, 0.25) is 0 Å². The summed E-state index contributed by atoms with van der Waals surface area (Å²) in [5.41, 5.74) is 9.68. The summed E-state index contributed by atoms with van der Waals surface area (Å²) in [6.45, 7) is 3.33. The van der Waals surface area contributed by atoms with Crippen molar-refractivity contribution in [3.8, 4) is 5.75 Å². The van der Waals surface area contributed by atoms with E-state index in [0.29, 0.717) is 11.3 Å². The first-order valence-electron chi connectivity index (χ1n) is 9.08. The van der Waals surface area contributed by atoms with Crippen molar-refractivity contribution in [2.45, 2.75) is 51.2 Å². The molecule has 0 saturated carbocycles. The second-order valence-corrected chi connectivity index (χ2v) is 6.51. The van der Waals surface area contributed by atoms with Gasteiger partial charge in [0, 0.05) is 25.7 Å². The Bertz CT molecular complexity index is 822. The molecule has 0 spiro atoms. The van der Waals surface area contributed by atoms with Crippen molar-refractivity contribution in [1.82, 2.24) is 0 Å². The van der Waals surface area contributed by atoms with E-state index >= 15 is 0 Å². The molecule has 5 atom stereocenters. The number of ether oxygens (including phenoxy) is 5. The number of azide groups is 1. The third-order valence-corrected chi connectivity index (χ3v) is 4.34. The summed E-state index contributed by atoms with van der Waals surface area (Å²) in [6, 6.07) is 5.64. The van der Waals surface area contributed by atoms with Gasteiger partial charge >= 0.3 is 17.9 Å². The Hall–Kier alpha value is -3.30. The number of nitrogens with zero attached hydrogens (tertiary/aromatic N) is 3. The van der Waals surface area contributed by atoms with E-state index in [-0.39, 0.29) is 6.61 Å². The van der Waals surface area contributed by atoms with Crippen LogP contribution in [0.5, 0.6) is 5.75 Å². The molecule has 0 unspecified atom stereocenters. The van der Waals surface area contributed by atoms with Crippen LogP contribution in [0.3, 0.4) is 0 Å². The van der Waals surface area contributed by atoms with Gasteiger partial charge in [-0.15, -0.1) is 0 Å². The number of methoxy groups -OCH3 is 1. The first-order valence-corrected chi connectivity index (χ1v) is 9.08. The van der Waals surface area contributed by atoms with Crippen molar-refractivity contribution in [2.24, 2.45) is 5.11 Å². The molecule has 30 heavy (non-hydrogen) atoms. The molecule has 162 valence electrons. The van der Waals surface area contributed by atoms with Gasteiger partial charge in [-0.3, -0.25) is 14.4 Å². The SMILES string of the molecule is COc1ccc([C@@H]2O[C@H](COC(C)=O)[C@H](OC(C)=O)[C@H](N=[N+]=[N-])[C@H]2OC(C)=O)cc1. The number of carbonyl (C=O) groups excluding carboxylic acids is 3. The molecular weight excluding hydrogens is 398 g/mol. The number of esters is 3. The van der Waals surface area contributed by atoms with E-state index in [0.717, 1.165) is 0 Å². The second-order valence-electron chi connectivity index (χ2n) is 6.51. The molecule has 1 aliphatic heterocycles. The third kappa shape index (κ3) is 5.85. The molecule has 11 nitrogen and oxygen atoms in total. The maximum absolute atomic E-state index is 11.8. The molecule has 1 aliphatic rings. The van der Waals surface area contributed by atoms with E-state index in [1.54, 1.807) is 24.3 Å². The molecular formula is C19H23N3O8. The highest BCUT2D eigenvalue weighted by Gasteiger charge is 2.50. The van der Waals surface area contributed by atoms with Crippen molar-refractivity contribution in [1.29, 1.82) is 0 Å². The summed E-state index contributed by atoms with van der Waals surface area (Å²) >= 11 is 0. The molecule has 11 heteroatoms. The molecule has 0 bridgehead atoms.